The van der Waals surface area contributed by atoms with Gasteiger partial charge in [-0.25, -0.2) is 0 Å². The van der Waals surface area contributed by atoms with E-state index in [0.29, 0.717) is 36.3 Å². The number of amides is 1. The van der Waals surface area contributed by atoms with Crippen LogP contribution < -0.4 is 10.1 Å². The molecule has 3 rings (SSSR count). The van der Waals surface area contributed by atoms with E-state index in [1.807, 2.05) is 11.8 Å². The van der Waals surface area contributed by atoms with Crippen LogP contribution >= 0.6 is 0 Å². The molecule has 3 aromatic rings. The van der Waals surface area contributed by atoms with Crippen LogP contribution in [0.3, 0.4) is 0 Å². The smallest absolute Gasteiger partial charge is 0.283 e. The number of benzene rings is 1. The summed E-state index contributed by atoms with van der Waals surface area (Å²) in [6.45, 7) is 3.21. The Bertz CT molecular complexity index is 827. The van der Waals surface area contributed by atoms with Gasteiger partial charge in [-0.15, -0.1) is 10.2 Å². The molecule has 0 aliphatic carbocycles. The minimum absolute atomic E-state index is 0.122. The van der Waals surface area contributed by atoms with Crippen LogP contribution in [0.5, 0.6) is 5.75 Å². The molecular weight excluding hydrogens is 336 g/mol. The quantitative estimate of drug-likeness (QED) is 0.663. The number of hydrogen-bond donors (Lipinski definition) is 1. The standard InChI is InChI=1S/C18H20N4O4/c1-3-22(11-16(23)19-13-6-8-14(24-2)9-7-13)12-17-20-21-18(26-17)15-5-4-10-25-15/h4-10H,3,11-12H2,1-2H3,(H,19,23). The number of anilines is 1. The molecule has 1 N–H and O–H groups in total. The molecule has 0 spiro atoms. The van der Waals surface area contributed by atoms with Crippen molar-refractivity contribution < 1.29 is 18.4 Å². The third kappa shape index (κ3) is 4.48. The van der Waals surface area contributed by atoms with Gasteiger partial charge in [-0.05, 0) is 42.9 Å². The van der Waals surface area contributed by atoms with E-state index < -0.39 is 0 Å². The molecule has 1 amide bonds. The highest BCUT2D eigenvalue weighted by Gasteiger charge is 2.15. The first-order chi connectivity index (χ1) is 12.7. The van der Waals surface area contributed by atoms with Gasteiger partial charge in [0.05, 0.1) is 26.5 Å². The van der Waals surface area contributed by atoms with Gasteiger partial charge in [0.15, 0.2) is 5.76 Å². The zero-order chi connectivity index (χ0) is 18.4. The predicted octanol–water partition coefficient (Wildman–Crippen LogP) is 2.80. The number of carbonyl (C=O) groups excluding carboxylic acids is 1. The third-order valence-electron chi connectivity index (χ3n) is 3.75. The number of hydrogen-bond acceptors (Lipinski definition) is 7. The Morgan fingerprint density at radius 3 is 2.69 bits per heavy atom. The van der Waals surface area contributed by atoms with Crippen molar-refractivity contribution in [2.45, 2.75) is 13.5 Å². The maximum absolute atomic E-state index is 12.3. The molecule has 0 bridgehead atoms. The van der Waals surface area contributed by atoms with E-state index in [2.05, 4.69) is 15.5 Å². The number of methoxy groups -OCH3 is 1. The Morgan fingerprint density at radius 1 is 1.23 bits per heavy atom. The highest BCUT2D eigenvalue weighted by molar-refractivity contribution is 5.92. The van der Waals surface area contributed by atoms with Crippen molar-refractivity contribution in [1.29, 1.82) is 0 Å². The Labute approximate surface area is 150 Å². The minimum Gasteiger partial charge on any atom is -0.497 e. The average Bonchev–Trinajstić information content (AvgIpc) is 3.33. The van der Waals surface area contributed by atoms with Crippen molar-refractivity contribution in [2.75, 3.05) is 25.5 Å². The van der Waals surface area contributed by atoms with Crippen LogP contribution in [0.2, 0.25) is 0 Å². The molecule has 0 unspecified atom stereocenters. The molecule has 0 aliphatic heterocycles. The van der Waals surface area contributed by atoms with Crippen LogP contribution in [0.25, 0.3) is 11.7 Å². The second-order valence-corrected chi connectivity index (χ2v) is 5.56. The average molecular weight is 356 g/mol. The summed E-state index contributed by atoms with van der Waals surface area (Å²) in [6, 6.07) is 10.7. The molecule has 2 aromatic heterocycles. The van der Waals surface area contributed by atoms with E-state index in [4.69, 9.17) is 13.6 Å². The number of carbonyl (C=O) groups is 1. The lowest BCUT2D eigenvalue weighted by Crippen LogP contribution is -2.32. The van der Waals surface area contributed by atoms with Crippen molar-refractivity contribution in [1.82, 2.24) is 15.1 Å². The number of aromatic nitrogens is 2. The predicted molar refractivity (Wildman–Crippen MR) is 94.6 cm³/mol. The molecule has 136 valence electrons. The van der Waals surface area contributed by atoms with E-state index in [0.717, 1.165) is 5.75 Å². The van der Waals surface area contributed by atoms with Gasteiger partial charge in [-0.1, -0.05) is 6.92 Å². The second-order valence-electron chi connectivity index (χ2n) is 5.56. The topological polar surface area (TPSA) is 93.6 Å². The maximum Gasteiger partial charge on any atom is 0.283 e. The summed E-state index contributed by atoms with van der Waals surface area (Å²) in [5.74, 6) is 1.88. The zero-order valence-electron chi connectivity index (χ0n) is 14.6. The molecule has 0 atom stereocenters. The van der Waals surface area contributed by atoms with Crippen molar-refractivity contribution in [3.8, 4) is 17.4 Å². The Morgan fingerprint density at radius 2 is 2.04 bits per heavy atom. The summed E-state index contributed by atoms with van der Waals surface area (Å²) in [6.07, 6.45) is 1.54. The normalized spacial score (nSPS) is 10.9. The molecule has 0 aliphatic rings. The van der Waals surface area contributed by atoms with E-state index in [9.17, 15) is 4.79 Å². The molecule has 0 fully saturated rings. The van der Waals surface area contributed by atoms with E-state index >= 15 is 0 Å². The molecule has 0 radical (unpaired) electrons. The Kier molecular flexibility index (Phi) is 5.65. The van der Waals surface area contributed by atoms with Crippen molar-refractivity contribution >= 4 is 11.6 Å². The van der Waals surface area contributed by atoms with Gasteiger partial charge < -0.3 is 18.9 Å². The Hall–Kier alpha value is -3.13. The largest absolute Gasteiger partial charge is 0.497 e. The zero-order valence-corrected chi connectivity index (χ0v) is 14.6. The number of ether oxygens (including phenoxy) is 1. The van der Waals surface area contributed by atoms with Crippen molar-refractivity contribution in [2.24, 2.45) is 0 Å². The second kappa shape index (κ2) is 8.30. The highest BCUT2D eigenvalue weighted by atomic mass is 16.5. The van der Waals surface area contributed by atoms with Gasteiger partial charge >= 0.3 is 0 Å². The lowest BCUT2D eigenvalue weighted by molar-refractivity contribution is -0.117. The van der Waals surface area contributed by atoms with Crippen LogP contribution in [0.1, 0.15) is 12.8 Å². The van der Waals surface area contributed by atoms with Gasteiger partial charge in [0.2, 0.25) is 11.8 Å². The van der Waals surface area contributed by atoms with Crippen LogP contribution in [-0.4, -0.2) is 41.2 Å². The first-order valence-electron chi connectivity index (χ1n) is 8.20. The molecule has 8 heteroatoms. The van der Waals surface area contributed by atoms with Gasteiger partial charge in [0, 0.05) is 5.69 Å². The molecule has 26 heavy (non-hydrogen) atoms. The van der Waals surface area contributed by atoms with Crippen LogP contribution in [0.4, 0.5) is 5.69 Å². The SMILES string of the molecule is CCN(CC(=O)Nc1ccc(OC)cc1)Cc1nnc(-c2ccco2)o1. The van der Waals surface area contributed by atoms with Gasteiger partial charge in [0.1, 0.15) is 5.75 Å². The number of nitrogens with zero attached hydrogens (tertiary/aromatic N) is 3. The van der Waals surface area contributed by atoms with Gasteiger partial charge in [0.25, 0.3) is 5.89 Å². The first kappa shape index (κ1) is 17.7. The summed E-state index contributed by atoms with van der Waals surface area (Å²) in [5, 5.41) is 10.8. The van der Waals surface area contributed by atoms with Gasteiger partial charge in [-0.2, -0.15) is 0 Å². The van der Waals surface area contributed by atoms with Crippen LogP contribution in [-0.2, 0) is 11.3 Å². The maximum atomic E-state index is 12.3. The number of rotatable bonds is 8. The third-order valence-corrected chi connectivity index (χ3v) is 3.75. The van der Waals surface area contributed by atoms with Crippen LogP contribution in [0.15, 0.2) is 51.5 Å². The lowest BCUT2D eigenvalue weighted by atomic mass is 10.3. The lowest BCUT2D eigenvalue weighted by Gasteiger charge is -2.17. The monoisotopic (exact) mass is 356 g/mol. The highest BCUT2D eigenvalue weighted by Crippen LogP contribution is 2.18. The fraction of sp³-hybridized carbons (Fsp3) is 0.278. The number of furan rings is 1. The summed E-state index contributed by atoms with van der Waals surface area (Å²) < 4.78 is 15.9. The summed E-state index contributed by atoms with van der Waals surface area (Å²) in [4.78, 5) is 14.2. The Balaban J connectivity index is 1.56. The summed E-state index contributed by atoms with van der Waals surface area (Å²) >= 11 is 0. The van der Waals surface area contributed by atoms with E-state index in [1.165, 1.54) is 0 Å². The van der Waals surface area contributed by atoms with Crippen molar-refractivity contribution in [3.63, 3.8) is 0 Å². The van der Waals surface area contributed by atoms with E-state index in [1.54, 1.807) is 49.8 Å². The summed E-state index contributed by atoms with van der Waals surface area (Å²) in [5.41, 5.74) is 0.713. The summed E-state index contributed by atoms with van der Waals surface area (Å²) in [7, 11) is 1.60. The molecule has 8 nitrogen and oxygen atoms in total. The molecule has 2 heterocycles. The van der Waals surface area contributed by atoms with Gasteiger partial charge in [-0.3, -0.25) is 9.69 Å². The van der Waals surface area contributed by atoms with Crippen LogP contribution in [0, 0.1) is 0 Å². The first-order valence-corrected chi connectivity index (χ1v) is 8.20. The number of nitrogens with one attached hydrogen (secondary N) is 1. The molecule has 1 aromatic carbocycles. The molecular formula is C18H20N4O4. The van der Waals surface area contributed by atoms with E-state index in [-0.39, 0.29) is 12.5 Å². The molecule has 0 saturated carbocycles. The fourth-order valence-electron chi connectivity index (χ4n) is 2.37. The fourth-order valence-corrected chi connectivity index (χ4v) is 2.37. The molecule has 0 saturated heterocycles. The number of likely N-dealkylation sites (N-methyl/N-ethyl adjacent to an activating group) is 1. The van der Waals surface area contributed by atoms with Crippen molar-refractivity contribution in [3.05, 3.63) is 48.6 Å². The minimum atomic E-state index is -0.122.